The van der Waals surface area contributed by atoms with Crippen LogP contribution in [0.4, 0.5) is 0 Å². The zero-order valence-corrected chi connectivity index (χ0v) is 10.5. The van der Waals surface area contributed by atoms with E-state index in [0.29, 0.717) is 0 Å². The van der Waals surface area contributed by atoms with Crippen molar-refractivity contribution in [3.8, 4) is 0 Å². The van der Waals surface area contributed by atoms with Gasteiger partial charge < -0.3 is 14.6 Å². The molecule has 94 valence electrons. The molecule has 0 bridgehead atoms. The van der Waals surface area contributed by atoms with Gasteiger partial charge in [0, 0.05) is 19.2 Å². The van der Waals surface area contributed by atoms with Crippen molar-refractivity contribution in [2.24, 2.45) is 5.92 Å². The van der Waals surface area contributed by atoms with E-state index < -0.39 is 0 Å². The van der Waals surface area contributed by atoms with Crippen molar-refractivity contribution in [3.63, 3.8) is 0 Å². The minimum Gasteiger partial charge on any atom is -0.373 e. The molecule has 0 aliphatic carbocycles. The van der Waals surface area contributed by atoms with Gasteiger partial charge in [0.2, 0.25) is 0 Å². The first-order chi connectivity index (χ1) is 8.22. The van der Waals surface area contributed by atoms with E-state index in [1.165, 1.54) is 25.2 Å². The fourth-order valence-corrected chi connectivity index (χ4v) is 3.10. The van der Waals surface area contributed by atoms with Gasteiger partial charge in [-0.2, -0.15) is 0 Å². The van der Waals surface area contributed by atoms with Crippen LogP contribution in [-0.2, 0) is 12.8 Å². The van der Waals surface area contributed by atoms with Crippen molar-refractivity contribution in [3.05, 3.63) is 17.7 Å². The molecule has 1 saturated heterocycles. The van der Waals surface area contributed by atoms with E-state index in [9.17, 15) is 5.11 Å². The van der Waals surface area contributed by atoms with Crippen molar-refractivity contribution >= 4 is 0 Å². The number of fused-ring (bicyclic) bond motifs is 1. The monoisotopic (exact) mass is 235 g/mol. The average Bonchev–Trinajstić information content (AvgIpc) is 2.86. The number of aliphatic hydroxyl groups is 1. The quantitative estimate of drug-likeness (QED) is 0.837. The second-order valence-corrected chi connectivity index (χ2v) is 5.55. The molecule has 17 heavy (non-hydrogen) atoms. The molecule has 4 nitrogen and oxygen atoms in total. The van der Waals surface area contributed by atoms with Crippen LogP contribution in [0.2, 0.25) is 0 Å². The maximum absolute atomic E-state index is 9.89. The summed E-state index contributed by atoms with van der Waals surface area (Å²) in [5.74, 6) is 1.82. The predicted molar refractivity (Wildman–Crippen MR) is 65.7 cm³/mol. The lowest BCUT2D eigenvalue weighted by Gasteiger charge is -2.19. The number of aliphatic hydroxyl groups excluding tert-OH is 1. The van der Waals surface area contributed by atoms with E-state index in [2.05, 4.69) is 23.1 Å². The summed E-state index contributed by atoms with van der Waals surface area (Å²) in [7, 11) is 2.18. The fourth-order valence-electron chi connectivity index (χ4n) is 3.10. The van der Waals surface area contributed by atoms with Crippen molar-refractivity contribution in [2.45, 2.75) is 38.3 Å². The van der Waals surface area contributed by atoms with Crippen LogP contribution in [0, 0.1) is 5.92 Å². The molecular formula is C13H21N3O. The van der Waals surface area contributed by atoms with Crippen LogP contribution in [0.5, 0.6) is 0 Å². The lowest BCUT2D eigenvalue weighted by atomic mass is 10.0. The smallest absolute Gasteiger partial charge is 0.131 e. The Hall–Kier alpha value is -0.870. The van der Waals surface area contributed by atoms with E-state index in [0.717, 1.165) is 37.4 Å². The molecule has 1 aromatic heterocycles. The number of hydrogen-bond donors (Lipinski definition) is 1. The van der Waals surface area contributed by atoms with E-state index in [1.807, 2.05) is 4.57 Å². The summed E-state index contributed by atoms with van der Waals surface area (Å²) in [6.45, 7) is 2.39. The first kappa shape index (κ1) is 11.2. The van der Waals surface area contributed by atoms with Crippen molar-refractivity contribution in [1.82, 2.24) is 14.5 Å². The van der Waals surface area contributed by atoms with Gasteiger partial charge in [-0.05, 0) is 45.2 Å². The number of nitrogens with zero attached hydrogens (tertiary/aromatic N) is 3. The Kier molecular flexibility index (Phi) is 2.92. The van der Waals surface area contributed by atoms with Crippen molar-refractivity contribution in [2.75, 3.05) is 20.1 Å². The number of aromatic nitrogens is 2. The Labute approximate surface area is 102 Å². The van der Waals surface area contributed by atoms with Gasteiger partial charge in [0.05, 0.1) is 5.69 Å². The molecule has 2 unspecified atom stereocenters. The van der Waals surface area contributed by atoms with E-state index in [4.69, 9.17) is 0 Å². The summed E-state index contributed by atoms with van der Waals surface area (Å²) in [4.78, 5) is 7.06. The molecule has 1 fully saturated rings. The normalized spacial score (nSPS) is 29.5. The molecule has 0 radical (unpaired) electrons. The molecule has 0 spiro atoms. The van der Waals surface area contributed by atoms with E-state index >= 15 is 0 Å². The van der Waals surface area contributed by atoms with Gasteiger partial charge in [-0.15, -0.1) is 0 Å². The van der Waals surface area contributed by atoms with Gasteiger partial charge in [-0.3, -0.25) is 0 Å². The van der Waals surface area contributed by atoms with Crippen LogP contribution in [0.25, 0.3) is 0 Å². The molecule has 1 aromatic rings. The average molecular weight is 235 g/mol. The van der Waals surface area contributed by atoms with Gasteiger partial charge in [0.1, 0.15) is 12.1 Å². The van der Waals surface area contributed by atoms with Gasteiger partial charge >= 0.3 is 0 Å². The third-order valence-corrected chi connectivity index (χ3v) is 4.03. The van der Waals surface area contributed by atoms with Crippen LogP contribution < -0.4 is 0 Å². The first-order valence-corrected chi connectivity index (χ1v) is 6.65. The molecule has 3 heterocycles. The summed E-state index contributed by atoms with van der Waals surface area (Å²) in [6, 6.07) is 0. The van der Waals surface area contributed by atoms with Crippen LogP contribution in [0.1, 0.15) is 37.0 Å². The molecule has 0 saturated carbocycles. The third kappa shape index (κ3) is 2.24. The Morgan fingerprint density at radius 3 is 3.06 bits per heavy atom. The molecular weight excluding hydrogens is 214 g/mol. The lowest BCUT2D eigenvalue weighted by molar-refractivity contribution is 0.0780. The summed E-state index contributed by atoms with van der Waals surface area (Å²) in [5, 5.41) is 9.89. The third-order valence-electron chi connectivity index (χ3n) is 4.03. The minimum absolute atomic E-state index is 0.341. The highest BCUT2D eigenvalue weighted by Crippen LogP contribution is 2.25. The van der Waals surface area contributed by atoms with Crippen molar-refractivity contribution in [1.29, 1.82) is 0 Å². The van der Waals surface area contributed by atoms with Crippen LogP contribution >= 0.6 is 0 Å². The Bertz CT molecular complexity index is 401. The van der Waals surface area contributed by atoms with Gasteiger partial charge in [0.15, 0.2) is 0 Å². The zero-order chi connectivity index (χ0) is 11.8. The molecule has 0 amide bonds. The predicted octanol–water partition coefficient (Wildman–Crippen LogP) is 1.20. The van der Waals surface area contributed by atoms with Crippen LogP contribution in [0.3, 0.4) is 0 Å². The molecule has 0 aromatic carbocycles. The largest absolute Gasteiger partial charge is 0.373 e. The van der Waals surface area contributed by atoms with E-state index in [1.54, 1.807) is 0 Å². The Morgan fingerprint density at radius 2 is 2.35 bits per heavy atom. The second-order valence-electron chi connectivity index (χ2n) is 5.55. The van der Waals surface area contributed by atoms with Gasteiger partial charge in [0.25, 0.3) is 0 Å². The summed E-state index contributed by atoms with van der Waals surface area (Å²) >= 11 is 0. The maximum atomic E-state index is 9.89. The number of hydrogen-bond acceptors (Lipinski definition) is 3. The van der Waals surface area contributed by atoms with Crippen molar-refractivity contribution < 1.29 is 5.11 Å². The molecule has 2 aliphatic rings. The number of rotatable bonds is 2. The minimum atomic E-state index is -0.341. The Morgan fingerprint density at radius 1 is 1.47 bits per heavy atom. The fraction of sp³-hybridized carbons (Fsp3) is 0.769. The SMILES string of the molecule is CN1CCC(Cc2cn3c(n2)CCCC3O)C1. The topological polar surface area (TPSA) is 41.3 Å². The summed E-state index contributed by atoms with van der Waals surface area (Å²) in [5.41, 5.74) is 1.17. The highest BCUT2D eigenvalue weighted by atomic mass is 16.3. The lowest BCUT2D eigenvalue weighted by Crippen LogP contribution is -2.16. The van der Waals surface area contributed by atoms with Crippen LogP contribution in [-0.4, -0.2) is 39.7 Å². The number of imidazole rings is 1. The number of likely N-dealkylation sites (tertiary alicyclic amines) is 1. The number of aryl methyl sites for hydroxylation is 1. The molecule has 2 aliphatic heterocycles. The van der Waals surface area contributed by atoms with Crippen LogP contribution in [0.15, 0.2) is 6.20 Å². The summed E-state index contributed by atoms with van der Waals surface area (Å²) in [6.07, 6.45) is 7.02. The van der Waals surface area contributed by atoms with Gasteiger partial charge in [-0.25, -0.2) is 4.98 Å². The van der Waals surface area contributed by atoms with Gasteiger partial charge in [-0.1, -0.05) is 0 Å². The molecule has 1 N–H and O–H groups in total. The standard InChI is InChI=1S/C13H21N3O/c1-15-6-5-10(8-15)7-11-9-16-12(14-11)3-2-4-13(16)17/h9-10,13,17H,2-8H2,1H3. The highest BCUT2D eigenvalue weighted by molar-refractivity contribution is 5.08. The second kappa shape index (κ2) is 4.42. The molecule has 4 heteroatoms. The molecule has 3 rings (SSSR count). The summed E-state index contributed by atoms with van der Waals surface area (Å²) < 4.78 is 1.97. The maximum Gasteiger partial charge on any atom is 0.131 e. The first-order valence-electron chi connectivity index (χ1n) is 6.65. The zero-order valence-electron chi connectivity index (χ0n) is 10.5. The van der Waals surface area contributed by atoms with E-state index in [-0.39, 0.29) is 6.23 Å². The molecule has 2 atom stereocenters. The Balaban J connectivity index is 1.72. The highest BCUT2D eigenvalue weighted by Gasteiger charge is 2.23.